The molecule has 0 bridgehead atoms. The maximum atomic E-state index is 12.9. The average molecular weight is 416 g/mol. The first-order chi connectivity index (χ1) is 14.0. The van der Waals surface area contributed by atoms with Crippen LogP contribution in [0.1, 0.15) is 75.7 Å². The molecular weight excluding hydrogens is 382 g/mol. The summed E-state index contributed by atoms with van der Waals surface area (Å²) in [6.45, 7) is 14.4. The Morgan fingerprint density at radius 2 is 1.53 bits per heavy atom. The largest absolute Gasteiger partial charge is 0.462 e. The molecule has 0 aliphatic rings. The van der Waals surface area contributed by atoms with E-state index in [0.717, 1.165) is 6.42 Å². The second-order valence-electron chi connectivity index (χ2n) is 9.01. The van der Waals surface area contributed by atoms with Crippen LogP contribution in [0.25, 0.3) is 5.69 Å². The summed E-state index contributed by atoms with van der Waals surface area (Å²) in [5.74, 6) is -0.861. The predicted molar refractivity (Wildman–Crippen MR) is 117 cm³/mol. The van der Waals surface area contributed by atoms with Gasteiger partial charge < -0.3 is 14.8 Å². The van der Waals surface area contributed by atoms with Crippen molar-refractivity contribution in [3.63, 3.8) is 0 Å². The third-order valence-corrected chi connectivity index (χ3v) is 4.26. The van der Waals surface area contributed by atoms with Crippen LogP contribution < -0.4 is 5.32 Å². The number of para-hydroxylation sites is 1. The zero-order chi connectivity index (χ0) is 22.5. The maximum absolute atomic E-state index is 12.9. The van der Waals surface area contributed by atoms with E-state index in [1.807, 2.05) is 30.3 Å². The Balaban J connectivity index is 2.70. The first-order valence-corrected chi connectivity index (χ1v) is 10.3. The summed E-state index contributed by atoms with van der Waals surface area (Å²) in [7, 11) is 0. The summed E-state index contributed by atoms with van der Waals surface area (Å²) in [4.78, 5) is 25.5. The van der Waals surface area contributed by atoms with E-state index in [1.165, 1.54) is 0 Å². The Hall–Kier alpha value is -2.83. The SMILES string of the molecule is CCOC(=O)c1nn(-c2ccccc2)c(NC(C)(C)CC(C)(C)C)c1C(=O)OCC. The van der Waals surface area contributed by atoms with Crippen LogP contribution in [0.15, 0.2) is 30.3 Å². The van der Waals surface area contributed by atoms with Crippen LogP contribution >= 0.6 is 0 Å². The first-order valence-electron chi connectivity index (χ1n) is 10.3. The van der Waals surface area contributed by atoms with Crippen LogP contribution in [-0.2, 0) is 9.47 Å². The van der Waals surface area contributed by atoms with Crippen molar-refractivity contribution in [3.8, 4) is 5.69 Å². The fourth-order valence-corrected chi connectivity index (χ4v) is 3.72. The van der Waals surface area contributed by atoms with E-state index in [4.69, 9.17) is 9.47 Å². The van der Waals surface area contributed by atoms with Crippen LogP contribution in [0.4, 0.5) is 5.82 Å². The molecule has 0 aliphatic carbocycles. The molecule has 30 heavy (non-hydrogen) atoms. The Labute approximate surface area is 178 Å². The van der Waals surface area contributed by atoms with Gasteiger partial charge in [-0.25, -0.2) is 14.3 Å². The van der Waals surface area contributed by atoms with Gasteiger partial charge in [-0.05, 0) is 51.7 Å². The van der Waals surface area contributed by atoms with Gasteiger partial charge >= 0.3 is 11.9 Å². The molecule has 0 spiro atoms. The molecule has 0 saturated heterocycles. The fraction of sp³-hybridized carbons (Fsp3) is 0.522. The third-order valence-electron chi connectivity index (χ3n) is 4.26. The summed E-state index contributed by atoms with van der Waals surface area (Å²) >= 11 is 0. The molecule has 2 rings (SSSR count). The lowest BCUT2D eigenvalue weighted by Crippen LogP contribution is -2.36. The number of rotatable bonds is 8. The quantitative estimate of drug-likeness (QED) is 0.621. The number of nitrogens with zero attached hydrogens (tertiary/aromatic N) is 2. The van der Waals surface area contributed by atoms with Gasteiger partial charge in [0, 0.05) is 5.54 Å². The van der Waals surface area contributed by atoms with E-state index in [-0.39, 0.29) is 29.9 Å². The van der Waals surface area contributed by atoms with E-state index in [2.05, 4.69) is 45.0 Å². The molecule has 2 aromatic rings. The number of aromatic nitrogens is 2. The number of benzene rings is 1. The van der Waals surface area contributed by atoms with E-state index in [0.29, 0.717) is 11.5 Å². The van der Waals surface area contributed by atoms with Crippen molar-refractivity contribution in [2.75, 3.05) is 18.5 Å². The number of ether oxygens (including phenoxy) is 2. The molecule has 0 radical (unpaired) electrons. The molecule has 0 saturated carbocycles. The second-order valence-corrected chi connectivity index (χ2v) is 9.01. The van der Waals surface area contributed by atoms with Gasteiger partial charge in [0.2, 0.25) is 0 Å². The number of carbonyl (C=O) groups excluding carboxylic acids is 2. The summed E-state index contributed by atoms with van der Waals surface area (Å²) in [6, 6.07) is 9.35. The number of nitrogens with one attached hydrogen (secondary N) is 1. The van der Waals surface area contributed by atoms with Crippen LogP contribution in [0.3, 0.4) is 0 Å². The molecule has 1 aromatic carbocycles. The molecule has 164 valence electrons. The molecular formula is C23H33N3O4. The van der Waals surface area contributed by atoms with Crippen molar-refractivity contribution in [2.24, 2.45) is 5.41 Å². The highest BCUT2D eigenvalue weighted by atomic mass is 16.5. The molecule has 0 fully saturated rings. The highest BCUT2D eigenvalue weighted by molar-refractivity contribution is 6.06. The number of carbonyl (C=O) groups is 2. The average Bonchev–Trinajstić information content (AvgIpc) is 2.99. The lowest BCUT2D eigenvalue weighted by Gasteiger charge is -2.34. The number of esters is 2. The molecule has 1 N–H and O–H groups in total. The maximum Gasteiger partial charge on any atom is 0.359 e. The Kier molecular flexibility index (Phi) is 7.29. The fourth-order valence-electron chi connectivity index (χ4n) is 3.72. The second kappa shape index (κ2) is 9.32. The normalized spacial score (nSPS) is 11.8. The van der Waals surface area contributed by atoms with Gasteiger partial charge in [0.25, 0.3) is 0 Å². The minimum absolute atomic E-state index is 0.0438. The zero-order valence-corrected chi connectivity index (χ0v) is 19.0. The van der Waals surface area contributed by atoms with Gasteiger partial charge in [0.15, 0.2) is 5.69 Å². The highest BCUT2D eigenvalue weighted by Crippen LogP contribution is 2.33. The van der Waals surface area contributed by atoms with Crippen LogP contribution in [0, 0.1) is 5.41 Å². The summed E-state index contributed by atoms with van der Waals surface area (Å²) < 4.78 is 12.0. The molecule has 1 aromatic heterocycles. The minimum atomic E-state index is -0.660. The van der Waals surface area contributed by atoms with Gasteiger partial charge in [-0.3, -0.25) is 0 Å². The van der Waals surface area contributed by atoms with Crippen LogP contribution in [0.5, 0.6) is 0 Å². The van der Waals surface area contributed by atoms with Crippen molar-refractivity contribution < 1.29 is 19.1 Å². The van der Waals surface area contributed by atoms with Gasteiger partial charge in [0.1, 0.15) is 11.4 Å². The summed E-state index contributed by atoms with van der Waals surface area (Å²) in [5.41, 5.74) is 0.391. The standard InChI is InChI=1S/C23H33N3O4/c1-8-29-20(27)17-18(21(28)30-9-2)25-26(16-13-11-10-12-14-16)19(17)24-23(6,7)15-22(3,4)5/h10-14,24H,8-9,15H2,1-7H3. The molecule has 0 atom stereocenters. The third kappa shape index (κ3) is 5.84. The van der Waals surface area contributed by atoms with E-state index in [9.17, 15) is 9.59 Å². The van der Waals surface area contributed by atoms with Gasteiger partial charge in [-0.15, -0.1) is 0 Å². The zero-order valence-electron chi connectivity index (χ0n) is 19.0. The van der Waals surface area contributed by atoms with Crippen LogP contribution in [0.2, 0.25) is 0 Å². The van der Waals surface area contributed by atoms with Crippen molar-refractivity contribution in [1.82, 2.24) is 9.78 Å². The Morgan fingerprint density at radius 3 is 2.07 bits per heavy atom. The van der Waals surface area contributed by atoms with Gasteiger partial charge in [-0.2, -0.15) is 5.10 Å². The van der Waals surface area contributed by atoms with Crippen molar-refractivity contribution in [1.29, 1.82) is 0 Å². The van der Waals surface area contributed by atoms with Crippen molar-refractivity contribution in [3.05, 3.63) is 41.6 Å². The highest BCUT2D eigenvalue weighted by Gasteiger charge is 2.34. The van der Waals surface area contributed by atoms with Gasteiger partial charge in [0.05, 0.1) is 18.9 Å². The van der Waals surface area contributed by atoms with E-state index < -0.39 is 17.5 Å². The van der Waals surface area contributed by atoms with Crippen LogP contribution in [-0.4, -0.2) is 40.5 Å². The monoisotopic (exact) mass is 415 g/mol. The molecule has 1 heterocycles. The predicted octanol–water partition coefficient (Wildman–Crippen LogP) is 4.85. The Bertz CT molecular complexity index is 880. The lowest BCUT2D eigenvalue weighted by atomic mass is 9.82. The number of anilines is 1. The van der Waals surface area contributed by atoms with Gasteiger partial charge in [-0.1, -0.05) is 39.0 Å². The summed E-state index contributed by atoms with van der Waals surface area (Å²) in [6.07, 6.45) is 0.816. The molecule has 0 aliphatic heterocycles. The molecule has 0 amide bonds. The summed E-state index contributed by atoms with van der Waals surface area (Å²) in [5, 5.41) is 7.92. The minimum Gasteiger partial charge on any atom is -0.462 e. The first kappa shape index (κ1) is 23.4. The lowest BCUT2D eigenvalue weighted by molar-refractivity contribution is 0.0476. The topological polar surface area (TPSA) is 82.5 Å². The molecule has 0 unspecified atom stereocenters. The van der Waals surface area contributed by atoms with Crippen molar-refractivity contribution >= 4 is 17.8 Å². The van der Waals surface area contributed by atoms with Crippen molar-refractivity contribution in [2.45, 2.75) is 60.4 Å². The smallest absolute Gasteiger partial charge is 0.359 e. The molecule has 7 heteroatoms. The number of hydrogen-bond donors (Lipinski definition) is 1. The Morgan fingerprint density at radius 1 is 0.967 bits per heavy atom. The number of hydrogen-bond acceptors (Lipinski definition) is 6. The molecule has 7 nitrogen and oxygen atoms in total. The van der Waals surface area contributed by atoms with E-state index >= 15 is 0 Å². The van der Waals surface area contributed by atoms with E-state index in [1.54, 1.807) is 18.5 Å².